The molecule has 1 atom stereocenters. The highest BCUT2D eigenvalue weighted by atomic mass is 16.5. The molecule has 4 heteroatoms. The number of nitrogens with one attached hydrogen (secondary N) is 1. The Balaban J connectivity index is 1.48. The first-order chi connectivity index (χ1) is 9.84. The Morgan fingerprint density at radius 3 is 2.95 bits per heavy atom. The Bertz CT molecular complexity index is 469. The lowest BCUT2D eigenvalue weighted by Gasteiger charge is -2.23. The number of benzene rings is 1. The van der Waals surface area contributed by atoms with Crippen LogP contribution in [0.4, 0.5) is 0 Å². The van der Waals surface area contributed by atoms with Crippen molar-refractivity contribution in [1.29, 1.82) is 0 Å². The largest absolute Gasteiger partial charge is 0.459 e. The minimum absolute atomic E-state index is 0.0501. The van der Waals surface area contributed by atoms with Gasteiger partial charge in [-0.15, -0.1) is 0 Å². The molecule has 1 aliphatic heterocycles. The zero-order chi connectivity index (χ0) is 13.8. The molecule has 1 aromatic rings. The molecular weight excluding hydrogens is 254 g/mol. The number of carbonyl (C=O) groups is 1. The summed E-state index contributed by atoms with van der Waals surface area (Å²) in [7, 11) is 0. The number of rotatable bonds is 4. The SMILES string of the molecule is O=C(OCC[NH+]1CCOCC1)C1CCc2ccccc21. The summed E-state index contributed by atoms with van der Waals surface area (Å²) in [5, 5.41) is 0. The Kier molecular flexibility index (Phi) is 4.33. The van der Waals surface area contributed by atoms with Gasteiger partial charge in [0.25, 0.3) is 0 Å². The third-order valence-corrected chi connectivity index (χ3v) is 4.32. The van der Waals surface area contributed by atoms with E-state index in [-0.39, 0.29) is 11.9 Å². The van der Waals surface area contributed by atoms with Gasteiger partial charge in [-0.25, -0.2) is 0 Å². The van der Waals surface area contributed by atoms with Crippen LogP contribution in [0.5, 0.6) is 0 Å². The van der Waals surface area contributed by atoms with Crippen LogP contribution in [0, 0.1) is 0 Å². The molecular formula is C16H22NO3+. The lowest BCUT2D eigenvalue weighted by molar-refractivity contribution is -0.908. The van der Waals surface area contributed by atoms with E-state index in [1.54, 1.807) is 0 Å². The maximum absolute atomic E-state index is 12.2. The maximum atomic E-state index is 12.2. The summed E-state index contributed by atoms with van der Waals surface area (Å²) in [5.41, 5.74) is 2.46. The van der Waals surface area contributed by atoms with E-state index in [4.69, 9.17) is 9.47 Å². The highest BCUT2D eigenvalue weighted by molar-refractivity contribution is 5.79. The highest BCUT2D eigenvalue weighted by Gasteiger charge is 2.29. The molecule has 108 valence electrons. The first-order valence-corrected chi connectivity index (χ1v) is 7.50. The third kappa shape index (κ3) is 3.02. The van der Waals surface area contributed by atoms with Gasteiger partial charge in [0.05, 0.1) is 19.1 Å². The molecule has 0 aromatic heterocycles. The molecule has 4 nitrogen and oxygen atoms in total. The quantitative estimate of drug-likeness (QED) is 0.797. The van der Waals surface area contributed by atoms with Gasteiger partial charge < -0.3 is 14.4 Å². The number of quaternary nitrogens is 1. The Morgan fingerprint density at radius 2 is 2.10 bits per heavy atom. The van der Waals surface area contributed by atoms with Crippen molar-refractivity contribution in [1.82, 2.24) is 0 Å². The summed E-state index contributed by atoms with van der Waals surface area (Å²) >= 11 is 0. The molecule has 0 amide bonds. The van der Waals surface area contributed by atoms with E-state index in [9.17, 15) is 4.79 Å². The first-order valence-electron chi connectivity index (χ1n) is 7.50. The van der Waals surface area contributed by atoms with Crippen molar-refractivity contribution in [2.75, 3.05) is 39.5 Å². The van der Waals surface area contributed by atoms with E-state index in [0.717, 1.165) is 51.3 Å². The third-order valence-electron chi connectivity index (χ3n) is 4.32. The second kappa shape index (κ2) is 6.37. The van der Waals surface area contributed by atoms with Gasteiger partial charge in [0.15, 0.2) is 0 Å². The van der Waals surface area contributed by atoms with Crippen molar-refractivity contribution in [3.05, 3.63) is 35.4 Å². The number of hydrogen-bond acceptors (Lipinski definition) is 3. The van der Waals surface area contributed by atoms with Gasteiger partial charge in [-0.2, -0.15) is 0 Å². The molecule has 0 bridgehead atoms. The van der Waals surface area contributed by atoms with Crippen LogP contribution in [0.1, 0.15) is 23.5 Å². The molecule has 1 fully saturated rings. The number of ether oxygens (including phenoxy) is 2. The van der Waals surface area contributed by atoms with Crippen LogP contribution >= 0.6 is 0 Å². The van der Waals surface area contributed by atoms with E-state index in [0.29, 0.717) is 6.61 Å². The zero-order valence-corrected chi connectivity index (χ0v) is 11.8. The van der Waals surface area contributed by atoms with E-state index >= 15 is 0 Å². The fraction of sp³-hybridized carbons (Fsp3) is 0.562. The van der Waals surface area contributed by atoms with Gasteiger partial charge in [-0.05, 0) is 24.0 Å². The Hall–Kier alpha value is -1.39. The van der Waals surface area contributed by atoms with Crippen LogP contribution < -0.4 is 4.90 Å². The predicted molar refractivity (Wildman–Crippen MR) is 74.8 cm³/mol. The Labute approximate surface area is 119 Å². The number of carbonyl (C=O) groups excluding carboxylic acids is 1. The Morgan fingerprint density at radius 1 is 1.30 bits per heavy atom. The zero-order valence-electron chi connectivity index (χ0n) is 11.8. The minimum atomic E-state index is -0.0531. The van der Waals surface area contributed by atoms with Crippen molar-refractivity contribution < 1.29 is 19.2 Å². The monoisotopic (exact) mass is 276 g/mol. The molecule has 1 saturated heterocycles. The molecule has 2 aliphatic rings. The normalized spacial score (nSPS) is 22.5. The average Bonchev–Trinajstić information content (AvgIpc) is 2.92. The fourth-order valence-electron chi connectivity index (χ4n) is 3.11. The van der Waals surface area contributed by atoms with Crippen LogP contribution in [0.2, 0.25) is 0 Å². The summed E-state index contributed by atoms with van der Waals surface area (Å²) in [6.07, 6.45) is 1.88. The lowest BCUT2D eigenvalue weighted by atomic mass is 10.0. The highest BCUT2D eigenvalue weighted by Crippen LogP contribution is 2.33. The molecule has 20 heavy (non-hydrogen) atoms. The van der Waals surface area contributed by atoms with Crippen LogP contribution in [0.25, 0.3) is 0 Å². The van der Waals surface area contributed by atoms with Gasteiger partial charge in [-0.1, -0.05) is 24.3 Å². The van der Waals surface area contributed by atoms with Crippen LogP contribution in [0.15, 0.2) is 24.3 Å². The second-order valence-electron chi connectivity index (χ2n) is 5.57. The van der Waals surface area contributed by atoms with Crippen molar-refractivity contribution in [2.24, 2.45) is 0 Å². The van der Waals surface area contributed by atoms with E-state index in [1.165, 1.54) is 10.5 Å². The van der Waals surface area contributed by atoms with Crippen molar-refractivity contribution in [2.45, 2.75) is 18.8 Å². The molecule has 1 unspecified atom stereocenters. The molecule has 0 spiro atoms. The predicted octanol–water partition coefficient (Wildman–Crippen LogP) is 0.175. The van der Waals surface area contributed by atoms with Crippen LogP contribution in [0.3, 0.4) is 0 Å². The minimum Gasteiger partial charge on any atom is -0.459 e. The lowest BCUT2D eigenvalue weighted by Crippen LogP contribution is -3.14. The van der Waals surface area contributed by atoms with Crippen molar-refractivity contribution >= 4 is 5.97 Å². The van der Waals surface area contributed by atoms with Gasteiger partial charge in [0.1, 0.15) is 26.2 Å². The number of fused-ring (bicyclic) bond motifs is 1. The number of hydrogen-bond donors (Lipinski definition) is 1. The van der Waals surface area contributed by atoms with E-state index in [2.05, 4.69) is 12.1 Å². The van der Waals surface area contributed by atoms with Crippen LogP contribution in [-0.4, -0.2) is 45.4 Å². The van der Waals surface area contributed by atoms with Crippen molar-refractivity contribution in [3.8, 4) is 0 Å². The first kappa shape index (κ1) is 13.6. The second-order valence-corrected chi connectivity index (χ2v) is 5.57. The van der Waals surface area contributed by atoms with Gasteiger partial charge in [0.2, 0.25) is 0 Å². The molecule has 0 saturated carbocycles. The van der Waals surface area contributed by atoms with Gasteiger partial charge in [-0.3, -0.25) is 4.79 Å². The topological polar surface area (TPSA) is 40.0 Å². The average molecular weight is 276 g/mol. The van der Waals surface area contributed by atoms with E-state index < -0.39 is 0 Å². The molecule has 1 N–H and O–H groups in total. The summed E-state index contributed by atoms with van der Waals surface area (Å²) < 4.78 is 10.8. The smallest absolute Gasteiger partial charge is 0.313 e. The number of morpholine rings is 1. The molecule has 1 heterocycles. The summed E-state index contributed by atoms with van der Waals surface area (Å²) in [6, 6.07) is 8.21. The summed E-state index contributed by atoms with van der Waals surface area (Å²) in [5.74, 6) is -0.103. The standard InChI is InChI=1S/C16H21NO3/c18-16(20-12-9-17-7-10-19-11-8-17)15-6-5-13-3-1-2-4-14(13)15/h1-4,15H,5-12H2/p+1. The summed E-state index contributed by atoms with van der Waals surface area (Å²) in [6.45, 7) is 5.09. The van der Waals surface area contributed by atoms with Gasteiger partial charge >= 0.3 is 5.97 Å². The molecule has 3 rings (SSSR count). The number of aryl methyl sites for hydroxylation is 1. The van der Waals surface area contributed by atoms with Crippen LogP contribution in [-0.2, 0) is 20.7 Å². The molecule has 1 aromatic carbocycles. The fourth-order valence-corrected chi connectivity index (χ4v) is 3.11. The molecule has 0 radical (unpaired) electrons. The molecule has 1 aliphatic carbocycles. The number of esters is 1. The van der Waals surface area contributed by atoms with E-state index in [1.807, 2.05) is 12.1 Å². The summed E-state index contributed by atoms with van der Waals surface area (Å²) in [4.78, 5) is 13.7. The van der Waals surface area contributed by atoms with Crippen molar-refractivity contribution in [3.63, 3.8) is 0 Å². The maximum Gasteiger partial charge on any atom is 0.313 e. The van der Waals surface area contributed by atoms with Gasteiger partial charge in [0, 0.05) is 0 Å².